The van der Waals surface area contributed by atoms with Gasteiger partial charge in [0.25, 0.3) is 0 Å². The molecule has 20 heavy (non-hydrogen) atoms. The first-order chi connectivity index (χ1) is 9.36. The number of benzene rings is 2. The van der Waals surface area contributed by atoms with E-state index in [-0.39, 0.29) is 17.9 Å². The Hall–Kier alpha value is -2.37. The minimum atomic E-state index is -4.61. The summed E-state index contributed by atoms with van der Waals surface area (Å²) in [5, 5.41) is 18.3. The molecular formula is C14H11F3O3. The van der Waals surface area contributed by atoms with Crippen LogP contribution in [0.3, 0.4) is 0 Å². The van der Waals surface area contributed by atoms with Crippen LogP contribution in [0.1, 0.15) is 11.1 Å². The molecule has 0 aliphatic carbocycles. The molecule has 0 saturated carbocycles. The zero-order valence-electron chi connectivity index (χ0n) is 10.2. The van der Waals surface area contributed by atoms with Crippen molar-refractivity contribution >= 4 is 0 Å². The molecule has 0 fully saturated rings. The van der Waals surface area contributed by atoms with E-state index in [0.717, 1.165) is 12.1 Å². The Morgan fingerprint density at radius 1 is 0.950 bits per heavy atom. The van der Waals surface area contributed by atoms with Gasteiger partial charge in [-0.1, -0.05) is 6.07 Å². The van der Waals surface area contributed by atoms with E-state index in [0.29, 0.717) is 5.75 Å². The number of halogens is 3. The maximum absolute atomic E-state index is 12.6. The fourth-order valence-electron chi connectivity index (χ4n) is 1.61. The quantitative estimate of drug-likeness (QED) is 0.903. The third-order valence-electron chi connectivity index (χ3n) is 2.61. The highest BCUT2D eigenvalue weighted by molar-refractivity contribution is 5.38. The molecule has 0 bridgehead atoms. The summed E-state index contributed by atoms with van der Waals surface area (Å²) in [4.78, 5) is 0. The van der Waals surface area contributed by atoms with Gasteiger partial charge in [0.05, 0.1) is 5.56 Å². The molecule has 2 N–H and O–H groups in total. The molecule has 0 saturated heterocycles. The van der Waals surface area contributed by atoms with Crippen molar-refractivity contribution in [1.29, 1.82) is 0 Å². The van der Waals surface area contributed by atoms with Crippen LogP contribution in [-0.4, -0.2) is 10.2 Å². The lowest BCUT2D eigenvalue weighted by Gasteiger charge is -2.11. The number of ether oxygens (including phenoxy) is 1. The number of alkyl halides is 3. The first-order valence-corrected chi connectivity index (χ1v) is 5.67. The third kappa shape index (κ3) is 3.34. The number of hydrogen-bond donors (Lipinski definition) is 2. The topological polar surface area (TPSA) is 49.7 Å². The largest absolute Gasteiger partial charge is 0.508 e. The third-order valence-corrected chi connectivity index (χ3v) is 2.61. The first kappa shape index (κ1) is 14.0. The van der Waals surface area contributed by atoms with Gasteiger partial charge in [0, 0.05) is 0 Å². The molecule has 0 aromatic heterocycles. The zero-order valence-corrected chi connectivity index (χ0v) is 10.2. The second kappa shape index (κ2) is 5.32. The van der Waals surface area contributed by atoms with E-state index in [1.807, 2.05) is 0 Å². The lowest BCUT2D eigenvalue weighted by molar-refractivity contribution is -0.138. The predicted molar refractivity (Wildman–Crippen MR) is 65.5 cm³/mol. The molecular weight excluding hydrogens is 273 g/mol. The van der Waals surface area contributed by atoms with E-state index >= 15 is 0 Å². The molecule has 0 unspecified atom stereocenters. The highest BCUT2D eigenvalue weighted by Gasteiger charge is 2.33. The maximum atomic E-state index is 12.6. The molecule has 3 nitrogen and oxygen atoms in total. The Kier molecular flexibility index (Phi) is 3.74. The Labute approximate surface area is 112 Å². The van der Waals surface area contributed by atoms with Gasteiger partial charge in [0.1, 0.15) is 23.9 Å². The van der Waals surface area contributed by atoms with Gasteiger partial charge in [-0.05, 0) is 42.0 Å². The van der Waals surface area contributed by atoms with Crippen LogP contribution in [0.25, 0.3) is 0 Å². The van der Waals surface area contributed by atoms with Crippen LogP contribution in [0.4, 0.5) is 13.2 Å². The highest BCUT2D eigenvalue weighted by Crippen LogP contribution is 2.36. The fourth-order valence-corrected chi connectivity index (χ4v) is 1.61. The number of hydrogen-bond acceptors (Lipinski definition) is 3. The van der Waals surface area contributed by atoms with Gasteiger partial charge < -0.3 is 14.9 Å². The van der Waals surface area contributed by atoms with Crippen molar-refractivity contribution in [3.05, 3.63) is 53.6 Å². The summed E-state index contributed by atoms with van der Waals surface area (Å²) in [7, 11) is 0. The molecule has 2 aromatic carbocycles. The summed E-state index contributed by atoms with van der Waals surface area (Å²) in [5.41, 5.74) is -0.812. The van der Waals surface area contributed by atoms with Gasteiger partial charge in [0.2, 0.25) is 0 Å². The number of aromatic hydroxyl groups is 2. The summed E-state index contributed by atoms with van der Waals surface area (Å²) >= 11 is 0. The molecule has 0 spiro atoms. The van der Waals surface area contributed by atoms with E-state index < -0.39 is 17.5 Å². The lowest BCUT2D eigenvalue weighted by atomic mass is 10.1. The number of rotatable bonds is 3. The van der Waals surface area contributed by atoms with Crippen molar-refractivity contribution in [2.75, 3.05) is 0 Å². The molecule has 6 heteroatoms. The highest BCUT2D eigenvalue weighted by atomic mass is 19.4. The molecule has 2 aromatic rings. The minimum Gasteiger partial charge on any atom is -0.508 e. The van der Waals surface area contributed by atoms with Crippen LogP contribution < -0.4 is 4.74 Å². The summed E-state index contributed by atoms with van der Waals surface area (Å²) < 4.78 is 43.1. The van der Waals surface area contributed by atoms with Crippen LogP contribution in [-0.2, 0) is 12.8 Å². The molecule has 0 radical (unpaired) electrons. The van der Waals surface area contributed by atoms with E-state index in [9.17, 15) is 18.3 Å². The van der Waals surface area contributed by atoms with Crippen molar-refractivity contribution in [3.8, 4) is 17.2 Å². The van der Waals surface area contributed by atoms with Crippen molar-refractivity contribution in [2.24, 2.45) is 0 Å². The van der Waals surface area contributed by atoms with Crippen LogP contribution in [0, 0.1) is 0 Å². The monoisotopic (exact) mass is 284 g/mol. The molecule has 2 rings (SSSR count). The van der Waals surface area contributed by atoms with Gasteiger partial charge in [0.15, 0.2) is 0 Å². The molecule has 0 aliphatic rings. The summed E-state index contributed by atoms with van der Waals surface area (Å²) in [5.74, 6) is -0.323. The summed E-state index contributed by atoms with van der Waals surface area (Å²) in [6, 6.07) is 9.00. The Morgan fingerprint density at radius 2 is 1.60 bits per heavy atom. The predicted octanol–water partition coefficient (Wildman–Crippen LogP) is 3.70. The van der Waals surface area contributed by atoms with Crippen molar-refractivity contribution < 1.29 is 28.1 Å². The summed E-state index contributed by atoms with van der Waals surface area (Å²) in [6.45, 7) is -0.0753. The average Bonchev–Trinajstić information content (AvgIpc) is 2.38. The van der Waals surface area contributed by atoms with Crippen molar-refractivity contribution in [2.45, 2.75) is 12.8 Å². The number of phenols is 2. The zero-order chi connectivity index (χ0) is 14.8. The van der Waals surface area contributed by atoms with Crippen LogP contribution >= 0.6 is 0 Å². The smallest absolute Gasteiger partial charge is 0.419 e. The SMILES string of the molecule is Oc1ccc(OCc2ccc(O)c(C(F)(F)F)c2)cc1. The second-order valence-electron chi connectivity index (χ2n) is 4.13. The summed E-state index contributed by atoms with van der Waals surface area (Å²) in [6.07, 6.45) is -4.61. The standard InChI is InChI=1S/C14H11F3O3/c15-14(16,17)12-7-9(1-6-13(12)19)8-20-11-4-2-10(18)3-5-11/h1-7,18-19H,8H2. The normalized spacial score (nSPS) is 11.3. The molecule has 0 atom stereocenters. The van der Waals surface area contributed by atoms with Gasteiger partial charge in [-0.15, -0.1) is 0 Å². The number of phenolic OH excluding ortho intramolecular Hbond substituents is 2. The Balaban J connectivity index is 2.12. The van der Waals surface area contributed by atoms with Crippen molar-refractivity contribution in [3.63, 3.8) is 0 Å². The Bertz CT molecular complexity index is 592. The maximum Gasteiger partial charge on any atom is 0.419 e. The van der Waals surface area contributed by atoms with E-state index in [1.54, 1.807) is 0 Å². The second-order valence-corrected chi connectivity index (χ2v) is 4.13. The average molecular weight is 284 g/mol. The fraction of sp³-hybridized carbons (Fsp3) is 0.143. The first-order valence-electron chi connectivity index (χ1n) is 5.67. The molecule has 0 amide bonds. The van der Waals surface area contributed by atoms with Gasteiger partial charge >= 0.3 is 6.18 Å². The van der Waals surface area contributed by atoms with Gasteiger partial charge in [-0.3, -0.25) is 0 Å². The van der Waals surface area contributed by atoms with Gasteiger partial charge in [-0.2, -0.15) is 13.2 Å². The molecule has 0 aliphatic heterocycles. The van der Waals surface area contributed by atoms with Crippen LogP contribution in [0.5, 0.6) is 17.2 Å². The van der Waals surface area contributed by atoms with Gasteiger partial charge in [-0.25, -0.2) is 0 Å². The van der Waals surface area contributed by atoms with E-state index in [4.69, 9.17) is 9.84 Å². The molecule has 0 heterocycles. The minimum absolute atomic E-state index is 0.0707. The van der Waals surface area contributed by atoms with Crippen LogP contribution in [0.15, 0.2) is 42.5 Å². The lowest BCUT2D eigenvalue weighted by Crippen LogP contribution is -2.06. The van der Waals surface area contributed by atoms with E-state index in [2.05, 4.69) is 0 Å². The van der Waals surface area contributed by atoms with Crippen molar-refractivity contribution in [1.82, 2.24) is 0 Å². The van der Waals surface area contributed by atoms with Crippen LogP contribution in [0.2, 0.25) is 0 Å². The van der Waals surface area contributed by atoms with E-state index in [1.165, 1.54) is 30.3 Å². The Morgan fingerprint density at radius 3 is 2.20 bits per heavy atom. The molecule has 106 valence electrons.